The smallest absolute Gasteiger partial charge is 0.138 e. The van der Waals surface area contributed by atoms with Crippen molar-refractivity contribution >= 4 is 0 Å². The minimum Gasteiger partial charge on any atom is -0.486 e. The van der Waals surface area contributed by atoms with Gasteiger partial charge in [-0.2, -0.15) is 0 Å². The normalized spacial score (nSPS) is 38.2. The largest absolute Gasteiger partial charge is 0.486 e. The molecule has 6 atom stereocenters. The van der Waals surface area contributed by atoms with Crippen LogP contribution in [0.2, 0.25) is 0 Å². The van der Waals surface area contributed by atoms with Gasteiger partial charge < -0.3 is 19.3 Å². The first-order valence-electron chi connectivity index (χ1n) is 14.9. The lowest BCUT2D eigenvalue weighted by Crippen LogP contribution is -2.81. The molecule has 5 nitrogen and oxygen atoms in total. The third-order valence-electron chi connectivity index (χ3n) is 11.8. The molecule has 0 radical (unpaired) electrons. The highest BCUT2D eigenvalue weighted by atomic mass is 16.6. The summed E-state index contributed by atoms with van der Waals surface area (Å²) in [6.07, 6.45) is 8.72. The number of likely N-dealkylation sites (tertiary alicyclic amines) is 1. The van der Waals surface area contributed by atoms with Crippen LogP contribution in [-0.4, -0.2) is 54.6 Å². The number of hydrogen-bond donors (Lipinski definition) is 1. The zero-order valence-electron chi connectivity index (χ0n) is 22.9. The van der Waals surface area contributed by atoms with Gasteiger partial charge in [-0.15, -0.1) is 0 Å². The fourth-order valence-corrected chi connectivity index (χ4v) is 9.95. The summed E-state index contributed by atoms with van der Waals surface area (Å²) >= 11 is 0. The number of hydrogen-bond acceptors (Lipinski definition) is 5. The van der Waals surface area contributed by atoms with Crippen LogP contribution in [0, 0.1) is 24.2 Å². The molecule has 5 heteroatoms. The molecule has 2 heterocycles. The van der Waals surface area contributed by atoms with E-state index in [-0.39, 0.29) is 29.1 Å². The van der Waals surface area contributed by atoms with E-state index < -0.39 is 0 Å². The second-order valence-corrected chi connectivity index (χ2v) is 13.3. The monoisotopic (exact) mass is 515 g/mol. The Morgan fingerprint density at radius 2 is 1.87 bits per heavy atom. The van der Waals surface area contributed by atoms with Crippen LogP contribution in [0.1, 0.15) is 66.3 Å². The lowest BCUT2D eigenvalue weighted by molar-refractivity contribution is -0.283. The van der Waals surface area contributed by atoms with Gasteiger partial charge in [0.25, 0.3) is 0 Å². The van der Waals surface area contributed by atoms with E-state index in [2.05, 4.69) is 36.1 Å². The second kappa shape index (κ2) is 8.30. The van der Waals surface area contributed by atoms with Crippen LogP contribution in [0.15, 0.2) is 36.4 Å². The Balaban J connectivity index is 1.17. The SMILES string of the molecule is COC12CCC3(C[C@@H]1COCc1ccc(CO)cc1)[C@H]1Cc4ccc(C)c5c4[C@@]3(CCN1CC1CC1)[C@H]2O5. The zero-order chi connectivity index (χ0) is 25.7. The highest BCUT2D eigenvalue weighted by Crippen LogP contribution is 2.76. The third-order valence-corrected chi connectivity index (χ3v) is 11.8. The molecule has 2 spiro atoms. The van der Waals surface area contributed by atoms with E-state index in [1.165, 1.54) is 56.5 Å². The minimum atomic E-state index is -0.314. The van der Waals surface area contributed by atoms with E-state index in [1.54, 1.807) is 11.1 Å². The van der Waals surface area contributed by atoms with Crippen LogP contribution in [-0.2, 0) is 34.5 Å². The van der Waals surface area contributed by atoms with E-state index in [9.17, 15) is 5.11 Å². The average molecular weight is 516 g/mol. The summed E-state index contributed by atoms with van der Waals surface area (Å²) in [6.45, 7) is 6.07. The summed E-state index contributed by atoms with van der Waals surface area (Å²) in [7, 11) is 1.93. The number of fused-ring (bicyclic) bond motifs is 2. The quantitative estimate of drug-likeness (QED) is 0.540. The standard InChI is InChI=1S/C33H41NO4/c1-21-3-10-25-15-27-31-11-12-33(36-2,26(16-31)20-37-19-24-8-6-23(18-35)7-9-24)30-32(31,28(25)29(21)38-30)13-14-34(27)17-22-4-5-22/h3,6-10,22,26-27,30,35H,4-5,11-20H2,1-2H3/t26-,27-,30-,31?,32+,33?/m1/s1. The number of piperidine rings is 1. The lowest BCUT2D eigenvalue weighted by atomic mass is 9.35. The summed E-state index contributed by atoms with van der Waals surface area (Å²) in [4.78, 5) is 2.91. The molecule has 2 aromatic carbocycles. The molecule has 4 saturated carbocycles. The molecule has 2 aromatic rings. The van der Waals surface area contributed by atoms with E-state index in [4.69, 9.17) is 14.2 Å². The van der Waals surface area contributed by atoms with E-state index in [0.717, 1.165) is 29.9 Å². The van der Waals surface area contributed by atoms with E-state index in [1.807, 2.05) is 19.2 Å². The Morgan fingerprint density at radius 3 is 2.63 bits per heavy atom. The molecular formula is C33H41NO4. The van der Waals surface area contributed by atoms with Gasteiger partial charge in [0.05, 0.1) is 19.8 Å². The zero-order valence-corrected chi connectivity index (χ0v) is 22.9. The topological polar surface area (TPSA) is 51.2 Å². The van der Waals surface area contributed by atoms with Crippen molar-refractivity contribution in [3.05, 3.63) is 64.2 Å². The van der Waals surface area contributed by atoms with Crippen molar-refractivity contribution in [2.75, 3.05) is 26.8 Å². The Kier molecular flexibility index (Phi) is 5.22. The van der Waals surface area contributed by atoms with Gasteiger partial charge in [-0.1, -0.05) is 36.4 Å². The number of aliphatic hydroxyl groups excluding tert-OH is 1. The number of benzene rings is 2. The maximum absolute atomic E-state index is 9.38. The molecule has 38 heavy (non-hydrogen) atoms. The average Bonchev–Trinajstić information content (AvgIpc) is 3.69. The van der Waals surface area contributed by atoms with Gasteiger partial charge in [-0.3, -0.25) is 4.90 Å². The van der Waals surface area contributed by atoms with Gasteiger partial charge >= 0.3 is 0 Å². The first kappa shape index (κ1) is 23.9. The molecule has 5 fully saturated rings. The molecule has 4 bridgehead atoms. The Morgan fingerprint density at radius 1 is 1.05 bits per heavy atom. The van der Waals surface area contributed by atoms with Gasteiger partial charge in [0, 0.05) is 42.0 Å². The van der Waals surface area contributed by atoms with E-state index in [0.29, 0.717) is 25.2 Å². The predicted octanol–water partition coefficient (Wildman–Crippen LogP) is 4.93. The van der Waals surface area contributed by atoms with Crippen molar-refractivity contribution in [1.82, 2.24) is 4.90 Å². The van der Waals surface area contributed by atoms with Crippen molar-refractivity contribution in [3.63, 3.8) is 0 Å². The second-order valence-electron chi connectivity index (χ2n) is 13.3. The molecule has 9 rings (SSSR count). The van der Waals surface area contributed by atoms with Gasteiger partial charge in [0.1, 0.15) is 17.5 Å². The fraction of sp³-hybridized carbons (Fsp3) is 0.636. The van der Waals surface area contributed by atoms with Crippen molar-refractivity contribution < 1.29 is 19.3 Å². The van der Waals surface area contributed by atoms with Crippen LogP contribution >= 0.6 is 0 Å². The molecule has 1 saturated heterocycles. The maximum Gasteiger partial charge on any atom is 0.138 e. The van der Waals surface area contributed by atoms with E-state index >= 15 is 0 Å². The van der Waals surface area contributed by atoms with Crippen molar-refractivity contribution in [2.45, 2.75) is 88.2 Å². The summed E-state index contributed by atoms with van der Waals surface area (Å²) in [5.41, 5.74) is 6.47. The van der Waals surface area contributed by atoms with Gasteiger partial charge in [-0.25, -0.2) is 0 Å². The summed E-state index contributed by atoms with van der Waals surface area (Å²) in [6, 6.07) is 13.4. The van der Waals surface area contributed by atoms with Gasteiger partial charge in [0.2, 0.25) is 0 Å². The molecule has 0 amide bonds. The first-order valence-corrected chi connectivity index (χ1v) is 14.9. The summed E-state index contributed by atoms with van der Waals surface area (Å²) in [5.74, 6) is 2.41. The van der Waals surface area contributed by atoms with Gasteiger partial charge in [-0.05, 0) is 86.6 Å². The summed E-state index contributed by atoms with van der Waals surface area (Å²) < 4.78 is 20.3. The number of nitrogens with zero attached hydrogens (tertiary/aromatic N) is 1. The van der Waals surface area contributed by atoms with Crippen LogP contribution in [0.3, 0.4) is 0 Å². The number of ether oxygens (including phenoxy) is 3. The van der Waals surface area contributed by atoms with Crippen LogP contribution in [0.4, 0.5) is 0 Å². The minimum absolute atomic E-state index is 0.0670. The van der Waals surface area contributed by atoms with Crippen molar-refractivity contribution in [1.29, 1.82) is 0 Å². The molecule has 5 aliphatic carbocycles. The van der Waals surface area contributed by atoms with Crippen LogP contribution in [0.25, 0.3) is 0 Å². The van der Waals surface area contributed by atoms with Crippen LogP contribution in [0.5, 0.6) is 5.75 Å². The Bertz CT molecular complexity index is 1260. The lowest BCUT2D eigenvalue weighted by Gasteiger charge is -2.74. The first-order chi connectivity index (χ1) is 18.5. The third kappa shape index (κ3) is 2.97. The number of aryl methyl sites for hydroxylation is 1. The van der Waals surface area contributed by atoms with Gasteiger partial charge in [0.15, 0.2) is 0 Å². The molecule has 2 unspecified atom stereocenters. The molecule has 0 aromatic heterocycles. The highest BCUT2D eigenvalue weighted by molar-refractivity contribution is 5.61. The molecule has 7 aliphatic rings. The molecule has 2 aliphatic heterocycles. The Hall–Kier alpha value is -1.92. The predicted molar refractivity (Wildman–Crippen MR) is 145 cm³/mol. The summed E-state index contributed by atoms with van der Waals surface area (Å²) in [5, 5.41) is 9.38. The maximum atomic E-state index is 9.38. The van der Waals surface area contributed by atoms with Crippen molar-refractivity contribution in [3.8, 4) is 5.75 Å². The Labute approximate surface area is 226 Å². The fourth-order valence-electron chi connectivity index (χ4n) is 9.95. The van der Waals surface area contributed by atoms with Crippen LogP contribution < -0.4 is 4.74 Å². The molecular weight excluding hydrogens is 474 g/mol. The van der Waals surface area contributed by atoms with Crippen molar-refractivity contribution in [2.24, 2.45) is 17.3 Å². The molecule has 202 valence electrons. The molecule has 1 N–H and O–H groups in total. The number of aliphatic hydroxyl groups is 1. The number of rotatable bonds is 8. The highest BCUT2D eigenvalue weighted by Gasteiger charge is 2.80. The number of methoxy groups -OCH3 is 1.